The fraction of sp³-hybridized carbons (Fsp3) is 0.806. The van der Waals surface area contributed by atoms with Gasteiger partial charge < -0.3 is 84.7 Å². The Kier molecular flexibility index (Phi) is 18.9. The first-order valence-corrected chi connectivity index (χ1v) is 19.4. The van der Waals surface area contributed by atoms with Crippen molar-refractivity contribution >= 4 is 25.4 Å². The van der Waals surface area contributed by atoms with Gasteiger partial charge >= 0.3 is 19.4 Å². The Morgan fingerprint density at radius 3 is 2.48 bits per heavy atom. The third kappa shape index (κ3) is 14.2. The fourth-order valence-electron chi connectivity index (χ4n) is 5.69. The number of nitrogens with zero attached hydrogens (tertiary/aromatic N) is 2. The van der Waals surface area contributed by atoms with E-state index in [-0.39, 0.29) is 38.9 Å². The molecule has 2 saturated heterocycles. The van der Waals surface area contributed by atoms with Crippen LogP contribution in [0.15, 0.2) is 17.1 Å². The number of hydrogen-bond acceptors (Lipinski definition) is 21. The number of nitrogens with two attached hydrogens (primary N) is 1. The maximum atomic E-state index is 13.5. The highest BCUT2D eigenvalue weighted by molar-refractivity contribution is 7.53. The van der Waals surface area contributed by atoms with Gasteiger partial charge in [-0.3, -0.25) is 18.5 Å². The van der Waals surface area contributed by atoms with Crippen LogP contribution in [-0.4, -0.2) is 193 Å². The summed E-state index contributed by atoms with van der Waals surface area (Å²) in [6, 6.07) is -0.198. The number of aliphatic hydroxyl groups is 6. The van der Waals surface area contributed by atoms with E-state index in [4.69, 9.17) is 47.9 Å². The molecule has 3 heterocycles. The van der Waals surface area contributed by atoms with Gasteiger partial charge in [-0.2, -0.15) is 4.98 Å². The van der Waals surface area contributed by atoms with Crippen LogP contribution in [0.1, 0.15) is 19.6 Å². The summed E-state index contributed by atoms with van der Waals surface area (Å²) in [6.07, 6.45) is -14.0. The Morgan fingerprint density at radius 1 is 1.12 bits per heavy atom. The van der Waals surface area contributed by atoms with E-state index >= 15 is 0 Å². The summed E-state index contributed by atoms with van der Waals surface area (Å²) >= 11 is 0. The normalized spacial score (nSPS) is 29.2. The lowest BCUT2D eigenvalue weighted by Gasteiger charge is -2.47. The molecule has 322 valence electrons. The summed E-state index contributed by atoms with van der Waals surface area (Å²) in [7, 11) is -1.22. The van der Waals surface area contributed by atoms with Crippen molar-refractivity contribution in [3.8, 4) is 0 Å². The summed E-state index contributed by atoms with van der Waals surface area (Å²) in [4.78, 5) is 41.1. The van der Waals surface area contributed by atoms with Crippen LogP contribution < -0.4 is 22.1 Å². The molecule has 0 bridgehead atoms. The highest BCUT2D eigenvalue weighted by Crippen LogP contribution is 2.51. The molecule has 2 fully saturated rings. The maximum Gasteiger partial charge on any atom is 0.407 e. The molecule has 1 aromatic heterocycles. The third-order valence-corrected chi connectivity index (χ3v) is 9.78. The summed E-state index contributed by atoms with van der Waals surface area (Å²) in [5.41, 5.74) is 4.63. The van der Waals surface area contributed by atoms with E-state index in [2.05, 4.69) is 15.6 Å². The molecule has 2 amide bonds. The summed E-state index contributed by atoms with van der Waals surface area (Å²) in [6.45, 7) is 0.899. The molecule has 0 aliphatic carbocycles. The van der Waals surface area contributed by atoms with Gasteiger partial charge in [0.1, 0.15) is 61.7 Å². The standard InChI is InChI=1S/C31H54N5O19P/c1-31(55-56(4,46)52-16-20-25(42)26(43)28(53-20)36-6-5-21(32)34-29(36)44)11-18(38)23(27(54-31)24(41)19(39)13-37)35-22(40)12-33-30(45)51-15-17(50-10-8-48-3)14-49-9-7-47-2/h5-6,17-20,23-28,37-39,41-43H,7-16H2,1-4H3,(H,33,45)(H,35,40)(H2,32,34,44)/t17?,18-,19+,20?,23+,24+,25+,26+,27?,28?,31-,56?/m0/s1. The molecule has 0 aromatic carbocycles. The van der Waals surface area contributed by atoms with Gasteiger partial charge in [0, 0.05) is 33.5 Å². The zero-order valence-corrected chi connectivity index (χ0v) is 32.3. The van der Waals surface area contributed by atoms with Crippen LogP contribution in [0.5, 0.6) is 0 Å². The molecule has 10 N–H and O–H groups in total. The van der Waals surface area contributed by atoms with E-state index in [0.29, 0.717) is 6.61 Å². The highest BCUT2D eigenvalue weighted by Gasteiger charge is 2.52. The van der Waals surface area contributed by atoms with Crippen molar-refractivity contribution in [3.05, 3.63) is 22.7 Å². The molecule has 0 saturated carbocycles. The minimum Gasteiger partial charge on any atom is -0.447 e. The number of nitrogens with one attached hydrogen (secondary N) is 2. The number of hydrogen-bond donors (Lipinski definition) is 9. The number of aromatic nitrogens is 2. The first-order chi connectivity index (χ1) is 26.4. The molecule has 25 heteroatoms. The third-order valence-electron chi connectivity index (χ3n) is 8.44. The first-order valence-electron chi connectivity index (χ1n) is 17.4. The fourth-order valence-corrected chi connectivity index (χ4v) is 6.98. The minimum atomic E-state index is -4.22. The Hall–Kier alpha value is -2.91. The lowest BCUT2D eigenvalue weighted by molar-refractivity contribution is -0.282. The zero-order valence-electron chi connectivity index (χ0n) is 31.4. The average molecular weight is 832 g/mol. The molecule has 5 unspecified atom stereocenters. The number of rotatable bonds is 23. The van der Waals surface area contributed by atoms with Crippen LogP contribution >= 0.6 is 7.60 Å². The largest absolute Gasteiger partial charge is 0.447 e. The number of carbonyl (C=O) groups excluding carboxylic acids is 2. The molecule has 2 aliphatic heterocycles. The van der Waals surface area contributed by atoms with Crippen molar-refractivity contribution in [3.63, 3.8) is 0 Å². The molecular weight excluding hydrogens is 777 g/mol. The van der Waals surface area contributed by atoms with Gasteiger partial charge in [-0.1, -0.05) is 0 Å². The van der Waals surface area contributed by atoms with E-state index < -0.39 is 118 Å². The number of aliphatic hydroxyl groups excluding tert-OH is 6. The summed E-state index contributed by atoms with van der Waals surface area (Å²) in [5.74, 6) is -2.99. The molecule has 0 spiro atoms. The highest BCUT2D eigenvalue weighted by atomic mass is 31.2. The van der Waals surface area contributed by atoms with Crippen LogP contribution in [0.3, 0.4) is 0 Å². The van der Waals surface area contributed by atoms with E-state index in [1.807, 2.05) is 0 Å². The maximum absolute atomic E-state index is 13.5. The molecular formula is C31H54N5O19P. The van der Waals surface area contributed by atoms with Gasteiger partial charge in [-0.25, -0.2) is 9.59 Å². The smallest absolute Gasteiger partial charge is 0.407 e. The van der Waals surface area contributed by atoms with Crippen molar-refractivity contribution in [1.82, 2.24) is 20.2 Å². The van der Waals surface area contributed by atoms with Gasteiger partial charge in [0.25, 0.3) is 0 Å². The second-order valence-corrected chi connectivity index (χ2v) is 15.1. The zero-order chi connectivity index (χ0) is 41.6. The molecule has 56 heavy (non-hydrogen) atoms. The number of nitrogen functional groups attached to an aromatic ring is 1. The molecule has 0 radical (unpaired) electrons. The predicted octanol–water partition coefficient (Wildman–Crippen LogP) is -4.21. The quantitative estimate of drug-likeness (QED) is 0.0373. The summed E-state index contributed by atoms with van der Waals surface area (Å²) < 4.78 is 62.9. The second-order valence-electron chi connectivity index (χ2n) is 13.1. The number of anilines is 1. The van der Waals surface area contributed by atoms with Gasteiger partial charge in [-0.05, 0) is 13.0 Å². The van der Waals surface area contributed by atoms with Gasteiger partial charge in [0.05, 0.1) is 58.4 Å². The van der Waals surface area contributed by atoms with Crippen LogP contribution in [0.25, 0.3) is 0 Å². The molecule has 1 aromatic rings. The Bertz CT molecular complexity index is 1490. The van der Waals surface area contributed by atoms with E-state index in [1.165, 1.54) is 33.4 Å². The van der Waals surface area contributed by atoms with E-state index in [0.717, 1.165) is 11.2 Å². The molecule has 24 nitrogen and oxygen atoms in total. The second kappa shape index (κ2) is 22.3. The molecule has 2 aliphatic rings. The van der Waals surface area contributed by atoms with Crippen molar-refractivity contribution in [1.29, 1.82) is 0 Å². The number of amides is 2. The number of methoxy groups -OCH3 is 2. The average Bonchev–Trinajstić information content (AvgIpc) is 3.42. The number of alkyl carbamates (subject to hydrolysis) is 1. The van der Waals surface area contributed by atoms with Gasteiger partial charge in [0.2, 0.25) is 5.91 Å². The van der Waals surface area contributed by atoms with Crippen LogP contribution in [-0.2, 0) is 51.6 Å². The van der Waals surface area contributed by atoms with Crippen molar-refractivity contribution in [2.45, 2.75) is 80.2 Å². The molecule has 3 rings (SSSR count). The van der Waals surface area contributed by atoms with E-state index in [1.54, 1.807) is 0 Å². The SMILES string of the molecule is COCCOCC(COC(=O)NCC(=O)N[C@H]1C([C@H](O)[C@H](O)CO)O[C@@](C)(OP(C)(=O)OCC2OC(n3ccc(N)nc3=O)[C@H](O)[C@@H]2O)C[C@@H]1O)OCCOC. The Labute approximate surface area is 321 Å². The lowest BCUT2D eigenvalue weighted by Crippen LogP contribution is -2.66. The topological polar surface area (TPSA) is 341 Å². The van der Waals surface area contributed by atoms with Crippen LogP contribution in [0.2, 0.25) is 0 Å². The molecule has 12 atom stereocenters. The summed E-state index contributed by atoms with van der Waals surface area (Å²) in [5, 5.41) is 67.5. The monoisotopic (exact) mass is 831 g/mol. The van der Waals surface area contributed by atoms with E-state index in [9.17, 15) is 49.6 Å². The van der Waals surface area contributed by atoms with Crippen LogP contribution in [0, 0.1) is 0 Å². The van der Waals surface area contributed by atoms with Crippen LogP contribution in [0.4, 0.5) is 10.6 Å². The van der Waals surface area contributed by atoms with Crippen molar-refractivity contribution in [2.24, 2.45) is 0 Å². The minimum absolute atomic E-state index is 0.0710. The van der Waals surface area contributed by atoms with Crippen molar-refractivity contribution in [2.75, 3.05) is 86.0 Å². The number of carbonyl (C=O) groups is 2. The number of ether oxygens (including phenoxy) is 7. The first kappa shape index (κ1) is 47.5. The van der Waals surface area contributed by atoms with Gasteiger partial charge in [0.15, 0.2) is 12.0 Å². The van der Waals surface area contributed by atoms with Crippen molar-refractivity contribution < 1.29 is 87.0 Å². The van der Waals surface area contributed by atoms with Gasteiger partial charge in [-0.15, -0.1) is 0 Å². The predicted molar refractivity (Wildman–Crippen MR) is 188 cm³/mol. The Balaban J connectivity index is 1.59. The lowest BCUT2D eigenvalue weighted by atomic mass is 9.89. The Morgan fingerprint density at radius 2 is 1.82 bits per heavy atom.